The molecule has 4 heteroatoms. The summed E-state index contributed by atoms with van der Waals surface area (Å²) in [5.41, 5.74) is 1.08. The van der Waals surface area contributed by atoms with E-state index in [1.807, 2.05) is 30.3 Å². The second-order valence-corrected chi connectivity index (χ2v) is 4.43. The van der Waals surface area contributed by atoms with Crippen LogP contribution in [-0.2, 0) is 25.7 Å². The molecule has 1 saturated carbocycles. The number of aldehydes is 1. The van der Waals surface area contributed by atoms with Crippen LogP contribution in [0.2, 0.25) is 0 Å². The molecule has 1 fully saturated rings. The van der Waals surface area contributed by atoms with E-state index < -0.39 is 0 Å². The minimum atomic E-state index is -0.319. The quantitative estimate of drug-likeness (QED) is 0.564. The van der Waals surface area contributed by atoms with Gasteiger partial charge in [-0.25, -0.2) is 0 Å². The van der Waals surface area contributed by atoms with Crippen molar-refractivity contribution in [2.24, 2.45) is 17.8 Å². The number of methoxy groups -OCH3 is 1. The summed E-state index contributed by atoms with van der Waals surface area (Å²) in [5.74, 6) is -0.907. The number of benzene rings is 1. The van der Waals surface area contributed by atoms with E-state index in [4.69, 9.17) is 4.74 Å². The first-order chi connectivity index (χ1) is 8.77. The topological polar surface area (TPSA) is 52.6 Å². The number of hydrogen-bond acceptors (Lipinski definition) is 4. The van der Waals surface area contributed by atoms with Gasteiger partial charge in [0.15, 0.2) is 0 Å². The maximum absolute atomic E-state index is 11.4. The van der Waals surface area contributed by atoms with Gasteiger partial charge in [0, 0.05) is 11.8 Å². The first-order valence-electron chi connectivity index (χ1n) is 5.92. The van der Waals surface area contributed by atoms with Crippen LogP contribution in [0.4, 0.5) is 0 Å². The molecule has 0 radical (unpaired) electrons. The van der Waals surface area contributed by atoms with E-state index in [1.54, 1.807) is 0 Å². The monoisotopic (exact) mass is 248 g/mol. The van der Waals surface area contributed by atoms with Crippen molar-refractivity contribution in [1.29, 1.82) is 0 Å². The molecule has 0 saturated heterocycles. The van der Waals surface area contributed by atoms with Gasteiger partial charge in [-0.2, -0.15) is 0 Å². The highest BCUT2D eigenvalue weighted by Crippen LogP contribution is 2.45. The average Bonchev–Trinajstić information content (AvgIpc) is 3.12. The highest BCUT2D eigenvalue weighted by Gasteiger charge is 2.55. The van der Waals surface area contributed by atoms with Crippen molar-refractivity contribution in [2.75, 3.05) is 13.7 Å². The average molecular weight is 248 g/mol. The van der Waals surface area contributed by atoms with Gasteiger partial charge < -0.3 is 14.3 Å². The summed E-state index contributed by atoms with van der Waals surface area (Å²) in [4.78, 5) is 22.1. The molecule has 2 rings (SSSR count). The molecule has 0 N–H and O–H groups in total. The number of hydrogen-bond donors (Lipinski definition) is 0. The fourth-order valence-corrected chi connectivity index (χ4v) is 2.16. The third-order valence-corrected chi connectivity index (χ3v) is 3.28. The molecule has 96 valence electrons. The number of esters is 1. The molecule has 0 heterocycles. The summed E-state index contributed by atoms with van der Waals surface area (Å²) >= 11 is 0. The van der Waals surface area contributed by atoms with Crippen LogP contribution in [-0.4, -0.2) is 26.0 Å². The summed E-state index contributed by atoms with van der Waals surface area (Å²) < 4.78 is 10.2. The predicted molar refractivity (Wildman–Crippen MR) is 64.6 cm³/mol. The molecule has 1 aromatic rings. The van der Waals surface area contributed by atoms with Crippen molar-refractivity contribution in [3.8, 4) is 0 Å². The third kappa shape index (κ3) is 2.76. The number of carbonyl (C=O) groups excluding carboxylic acids is 2. The zero-order chi connectivity index (χ0) is 13.0. The van der Waals surface area contributed by atoms with Crippen molar-refractivity contribution in [3.63, 3.8) is 0 Å². The normalized spacial score (nSPS) is 25.5. The minimum absolute atomic E-state index is 0.0290. The number of rotatable bonds is 6. The summed E-state index contributed by atoms with van der Waals surface area (Å²) in [6.07, 6.45) is 0.818. The van der Waals surface area contributed by atoms with Crippen LogP contribution in [0.15, 0.2) is 30.3 Å². The Balaban J connectivity index is 1.78. The van der Waals surface area contributed by atoms with E-state index in [-0.39, 0.29) is 23.7 Å². The second-order valence-electron chi connectivity index (χ2n) is 4.43. The van der Waals surface area contributed by atoms with Gasteiger partial charge in [0.25, 0.3) is 0 Å². The van der Waals surface area contributed by atoms with E-state index in [0.717, 1.165) is 11.8 Å². The van der Waals surface area contributed by atoms with Crippen LogP contribution in [0, 0.1) is 17.8 Å². The van der Waals surface area contributed by atoms with Crippen molar-refractivity contribution >= 4 is 12.3 Å². The van der Waals surface area contributed by atoms with Gasteiger partial charge in [-0.15, -0.1) is 0 Å². The van der Waals surface area contributed by atoms with Crippen LogP contribution in [0.5, 0.6) is 0 Å². The lowest BCUT2D eigenvalue weighted by Crippen LogP contribution is -2.07. The van der Waals surface area contributed by atoms with Gasteiger partial charge >= 0.3 is 5.97 Å². The van der Waals surface area contributed by atoms with Crippen LogP contribution in [0.25, 0.3) is 0 Å². The lowest BCUT2D eigenvalue weighted by Gasteiger charge is -2.03. The van der Waals surface area contributed by atoms with Gasteiger partial charge in [0.1, 0.15) is 6.29 Å². The lowest BCUT2D eigenvalue weighted by atomic mass is 10.2. The molecule has 0 spiro atoms. The Morgan fingerprint density at radius 2 is 2.06 bits per heavy atom. The van der Waals surface area contributed by atoms with E-state index >= 15 is 0 Å². The molecule has 0 aromatic heterocycles. The van der Waals surface area contributed by atoms with Crippen molar-refractivity contribution < 1.29 is 19.1 Å². The third-order valence-electron chi connectivity index (χ3n) is 3.28. The Bertz CT molecular complexity index is 415. The first kappa shape index (κ1) is 12.8. The first-order valence-corrected chi connectivity index (χ1v) is 5.92. The van der Waals surface area contributed by atoms with E-state index in [1.165, 1.54) is 7.11 Å². The lowest BCUT2D eigenvalue weighted by molar-refractivity contribution is -0.143. The smallest absolute Gasteiger partial charge is 0.309 e. The second kappa shape index (κ2) is 5.78. The highest BCUT2D eigenvalue weighted by atomic mass is 16.5. The van der Waals surface area contributed by atoms with Crippen LogP contribution >= 0.6 is 0 Å². The van der Waals surface area contributed by atoms with Gasteiger partial charge in [0.2, 0.25) is 0 Å². The number of ether oxygens (including phenoxy) is 2. The van der Waals surface area contributed by atoms with Gasteiger partial charge in [0.05, 0.1) is 26.2 Å². The van der Waals surface area contributed by atoms with E-state index in [9.17, 15) is 9.59 Å². The zero-order valence-electron chi connectivity index (χ0n) is 10.2. The van der Waals surface area contributed by atoms with Gasteiger partial charge in [-0.1, -0.05) is 30.3 Å². The maximum atomic E-state index is 11.4. The Morgan fingerprint density at radius 3 is 2.67 bits per heavy atom. The molecule has 0 bridgehead atoms. The highest BCUT2D eigenvalue weighted by molar-refractivity contribution is 5.82. The summed E-state index contributed by atoms with van der Waals surface area (Å²) in [6.45, 7) is 0.912. The minimum Gasteiger partial charge on any atom is -0.469 e. The largest absolute Gasteiger partial charge is 0.469 e. The zero-order valence-corrected chi connectivity index (χ0v) is 10.2. The molecular formula is C14H16O4. The molecule has 3 atom stereocenters. The standard InChI is InChI=1S/C14H16O4/c1-17-14(16)13-11(7-15)12(13)9-18-8-10-5-3-2-4-6-10/h2-7,11-13H,8-9H2,1H3/t11-,12+,13+/m0/s1. The molecule has 0 unspecified atom stereocenters. The molecule has 0 aliphatic heterocycles. The van der Waals surface area contributed by atoms with Gasteiger partial charge in [-0.05, 0) is 5.56 Å². The summed E-state index contributed by atoms with van der Waals surface area (Å²) in [5, 5.41) is 0. The predicted octanol–water partition coefficient (Wildman–Crippen LogP) is 1.44. The van der Waals surface area contributed by atoms with Crippen LogP contribution in [0.1, 0.15) is 5.56 Å². The maximum Gasteiger partial charge on any atom is 0.309 e. The Morgan fingerprint density at radius 1 is 1.33 bits per heavy atom. The fourth-order valence-electron chi connectivity index (χ4n) is 2.16. The van der Waals surface area contributed by atoms with E-state index in [0.29, 0.717) is 13.2 Å². The molecule has 1 aliphatic carbocycles. The van der Waals surface area contributed by atoms with E-state index in [2.05, 4.69) is 4.74 Å². The van der Waals surface area contributed by atoms with Crippen LogP contribution < -0.4 is 0 Å². The number of carbonyl (C=O) groups is 2. The van der Waals surface area contributed by atoms with Crippen molar-refractivity contribution in [1.82, 2.24) is 0 Å². The van der Waals surface area contributed by atoms with Gasteiger partial charge in [-0.3, -0.25) is 4.79 Å². The molecule has 1 aliphatic rings. The van der Waals surface area contributed by atoms with Crippen molar-refractivity contribution in [3.05, 3.63) is 35.9 Å². The molecule has 4 nitrogen and oxygen atoms in total. The molecular weight excluding hydrogens is 232 g/mol. The Hall–Kier alpha value is -1.68. The molecule has 1 aromatic carbocycles. The Kier molecular flexibility index (Phi) is 4.10. The van der Waals surface area contributed by atoms with Crippen LogP contribution in [0.3, 0.4) is 0 Å². The summed E-state index contributed by atoms with van der Waals surface area (Å²) in [6, 6.07) is 9.78. The SMILES string of the molecule is COC(=O)[C@@H]1[C@@H](C=O)[C@H]1COCc1ccccc1. The molecule has 0 amide bonds. The Labute approximate surface area is 106 Å². The molecule has 18 heavy (non-hydrogen) atoms. The fraction of sp³-hybridized carbons (Fsp3) is 0.429. The summed E-state index contributed by atoms with van der Waals surface area (Å²) in [7, 11) is 1.34. The van der Waals surface area contributed by atoms with Crippen molar-refractivity contribution in [2.45, 2.75) is 6.61 Å².